The summed E-state index contributed by atoms with van der Waals surface area (Å²) in [4.78, 5) is 0. The fourth-order valence-corrected chi connectivity index (χ4v) is 2.56. The first-order valence-electron chi connectivity index (χ1n) is 3.10. The van der Waals surface area contributed by atoms with Crippen LogP contribution in [0.5, 0.6) is 0 Å². The minimum absolute atomic E-state index is 0.639. The van der Waals surface area contributed by atoms with Crippen LogP contribution in [-0.4, -0.2) is 6.04 Å². The van der Waals surface area contributed by atoms with E-state index in [-0.39, 0.29) is 0 Å². The fraction of sp³-hybridized carbons (Fsp3) is 1.00. The Morgan fingerprint density at radius 3 is 2.00 bits per heavy atom. The highest BCUT2D eigenvalue weighted by Gasteiger charge is 2.83. The van der Waals surface area contributed by atoms with Crippen LogP contribution in [0.1, 0.15) is 12.8 Å². The molecule has 0 saturated heterocycles. The van der Waals surface area contributed by atoms with Gasteiger partial charge in [0.1, 0.15) is 0 Å². The molecule has 1 spiro atoms. The number of hydrogen-bond donors (Lipinski definition) is 1. The van der Waals surface area contributed by atoms with E-state index in [2.05, 4.69) is 0 Å². The van der Waals surface area contributed by atoms with Crippen LogP contribution >= 0.6 is 0 Å². The lowest BCUT2D eigenvalue weighted by Gasteiger charge is -2.17. The van der Waals surface area contributed by atoms with Crippen LogP contribution in [-0.2, 0) is 0 Å². The molecule has 0 radical (unpaired) electrons. The van der Waals surface area contributed by atoms with Crippen molar-refractivity contribution in [1.29, 1.82) is 0 Å². The molecule has 3 rings (SSSR count). The predicted molar refractivity (Wildman–Crippen MR) is 26.6 cm³/mol. The SMILES string of the molecule is NC1C2CC23CC13. The van der Waals surface area contributed by atoms with Gasteiger partial charge in [-0.1, -0.05) is 0 Å². The summed E-state index contributed by atoms with van der Waals surface area (Å²) >= 11 is 0. The van der Waals surface area contributed by atoms with E-state index in [1.165, 1.54) is 12.8 Å². The molecule has 0 aromatic heterocycles. The summed E-state index contributed by atoms with van der Waals surface area (Å²) < 4.78 is 0. The number of hydrogen-bond acceptors (Lipinski definition) is 1. The van der Waals surface area contributed by atoms with Crippen LogP contribution in [0.25, 0.3) is 0 Å². The zero-order valence-corrected chi connectivity index (χ0v) is 4.22. The minimum Gasteiger partial charge on any atom is -0.327 e. The summed E-state index contributed by atoms with van der Waals surface area (Å²) in [5.41, 5.74) is 6.65. The molecular weight excluding hydrogens is 86.1 g/mol. The van der Waals surface area contributed by atoms with Gasteiger partial charge in [0.2, 0.25) is 0 Å². The highest BCUT2D eigenvalue weighted by molar-refractivity contribution is 5.34. The Morgan fingerprint density at radius 2 is 1.86 bits per heavy atom. The van der Waals surface area contributed by atoms with Crippen LogP contribution in [0.3, 0.4) is 0 Å². The maximum atomic E-state index is 5.74. The van der Waals surface area contributed by atoms with Crippen LogP contribution in [0.4, 0.5) is 0 Å². The lowest BCUT2D eigenvalue weighted by molar-refractivity contribution is 0.372. The molecule has 3 fully saturated rings. The maximum absolute atomic E-state index is 5.74. The zero-order valence-electron chi connectivity index (χ0n) is 4.22. The molecule has 0 aromatic carbocycles. The molecule has 2 atom stereocenters. The van der Waals surface area contributed by atoms with Crippen molar-refractivity contribution in [1.82, 2.24) is 0 Å². The van der Waals surface area contributed by atoms with Crippen molar-refractivity contribution in [3.05, 3.63) is 0 Å². The summed E-state index contributed by atoms with van der Waals surface area (Å²) in [6, 6.07) is 0.639. The van der Waals surface area contributed by atoms with E-state index in [4.69, 9.17) is 5.73 Å². The van der Waals surface area contributed by atoms with Gasteiger partial charge >= 0.3 is 0 Å². The number of nitrogens with two attached hydrogens (primary N) is 1. The van der Waals surface area contributed by atoms with Crippen molar-refractivity contribution in [2.45, 2.75) is 18.9 Å². The van der Waals surface area contributed by atoms with Gasteiger partial charge in [0.05, 0.1) is 0 Å². The van der Waals surface area contributed by atoms with Crippen molar-refractivity contribution in [3.63, 3.8) is 0 Å². The second-order valence-corrected chi connectivity index (χ2v) is 3.43. The normalized spacial score (nSPS) is 81.0. The van der Waals surface area contributed by atoms with E-state index >= 15 is 0 Å². The fourth-order valence-electron chi connectivity index (χ4n) is 2.56. The molecule has 38 valence electrons. The summed E-state index contributed by atoms with van der Waals surface area (Å²) in [6.45, 7) is 0. The largest absolute Gasteiger partial charge is 0.327 e. The van der Waals surface area contributed by atoms with Crippen molar-refractivity contribution < 1.29 is 0 Å². The Kier molecular flexibility index (Phi) is 0.224. The quantitative estimate of drug-likeness (QED) is 0.461. The standard InChI is InChI=1S/C6H9N/c7-5-3-1-6(3)2-4(5)6/h3-5H,1-2,7H2. The van der Waals surface area contributed by atoms with E-state index in [9.17, 15) is 0 Å². The first kappa shape index (κ1) is 3.08. The Labute approximate surface area is 42.9 Å². The molecule has 3 aliphatic rings. The Bertz CT molecular complexity index is 125. The van der Waals surface area contributed by atoms with Crippen LogP contribution in [0, 0.1) is 17.3 Å². The van der Waals surface area contributed by atoms with E-state index in [0.29, 0.717) is 6.04 Å². The zero-order chi connectivity index (χ0) is 4.65. The van der Waals surface area contributed by atoms with Gasteiger partial charge in [0, 0.05) is 6.04 Å². The smallest absolute Gasteiger partial charge is 0.0107 e. The summed E-state index contributed by atoms with van der Waals surface area (Å²) in [6.07, 6.45) is 2.97. The molecule has 0 aliphatic heterocycles. The number of rotatable bonds is 0. The first-order chi connectivity index (χ1) is 3.34. The molecule has 0 aromatic rings. The van der Waals surface area contributed by atoms with Crippen LogP contribution in [0.2, 0.25) is 0 Å². The van der Waals surface area contributed by atoms with Gasteiger partial charge in [-0.25, -0.2) is 0 Å². The van der Waals surface area contributed by atoms with Gasteiger partial charge in [-0.05, 0) is 30.1 Å². The van der Waals surface area contributed by atoms with Gasteiger partial charge < -0.3 is 5.73 Å². The highest BCUT2D eigenvalue weighted by atomic mass is 15.0. The molecule has 3 aliphatic carbocycles. The molecule has 1 nitrogen and oxygen atoms in total. The molecule has 1 heteroatoms. The van der Waals surface area contributed by atoms with E-state index < -0.39 is 0 Å². The Balaban J connectivity index is 2.10. The van der Waals surface area contributed by atoms with Crippen LogP contribution in [0.15, 0.2) is 0 Å². The third-order valence-electron chi connectivity index (χ3n) is 3.29. The second kappa shape index (κ2) is 0.510. The minimum atomic E-state index is 0.639. The van der Waals surface area contributed by atoms with Gasteiger partial charge in [0.15, 0.2) is 0 Å². The lowest BCUT2D eigenvalue weighted by atomic mass is 9.95. The van der Waals surface area contributed by atoms with Gasteiger partial charge in [0.25, 0.3) is 0 Å². The molecule has 0 amide bonds. The van der Waals surface area contributed by atoms with E-state index in [1.54, 1.807) is 0 Å². The van der Waals surface area contributed by atoms with Crippen molar-refractivity contribution in [2.75, 3.05) is 0 Å². The molecule has 2 unspecified atom stereocenters. The maximum Gasteiger partial charge on any atom is 0.0107 e. The average Bonchev–Trinajstić information content (AvgIpc) is 2.50. The summed E-state index contributed by atoms with van der Waals surface area (Å²) in [5, 5.41) is 0. The second-order valence-electron chi connectivity index (χ2n) is 3.43. The van der Waals surface area contributed by atoms with Crippen molar-refractivity contribution >= 4 is 0 Å². The topological polar surface area (TPSA) is 26.0 Å². The predicted octanol–water partition coefficient (Wildman–Crippen LogP) is 0.353. The Hall–Kier alpha value is -0.0400. The molecule has 3 saturated carbocycles. The molecule has 7 heavy (non-hydrogen) atoms. The lowest BCUT2D eigenvalue weighted by Crippen LogP contribution is -2.33. The molecule has 0 heterocycles. The van der Waals surface area contributed by atoms with Crippen molar-refractivity contribution in [2.24, 2.45) is 23.0 Å². The highest BCUT2D eigenvalue weighted by Crippen LogP contribution is 2.86. The third kappa shape index (κ3) is 0.139. The van der Waals surface area contributed by atoms with Gasteiger partial charge in [-0.3, -0.25) is 0 Å². The molecule has 2 N–H and O–H groups in total. The van der Waals surface area contributed by atoms with E-state index in [0.717, 1.165) is 17.3 Å². The monoisotopic (exact) mass is 95.1 g/mol. The van der Waals surface area contributed by atoms with E-state index in [1.807, 2.05) is 0 Å². The summed E-state index contributed by atoms with van der Waals surface area (Å²) in [5.74, 6) is 2.00. The average molecular weight is 95.1 g/mol. The van der Waals surface area contributed by atoms with Crippen molar-refractivity contribution in [3.8, 4) is 0 Å². The first-order valence-corrected chi connectivity index (χ1v) is 3.10. The van der Waals surface area contributed by atoms with Gasteiger partial charge in [-0.2, -0.15) is 0 Å². The molecular formula is C6H9N. The summed E-state index contributed by atoms with van der Waals surface area (Å²) in [7, 11) is 0. The van der Waals surface area contributed by atoms with Gasteiger partial charge in [-0.15, -0.1) is 0 Å². The Morgan fingerprint density at radius 1 is 1.29 bits per heavy atom. The van der Waals surface area contributed by atoms with Crippen LogP contribution < -0.4 is 5.73 Å². The third-order valence-corrected chi connectivity index (χ3v) is 3.29. The molecule has 0 bridgehead atoms.